The van der Waals surface area contributed by atoms with E-state index >= 15 is 0 Å². The third-order valence-electron chi connectivity index (χ3n) is 4.31. The fourth-order valence-corrected chi connectivity index (χ4v) is 3.70. The summed E-state index contributed by atoms with van der Waals surface area (Å²) in [5.41, 5.74) is 2.21. The Balaban J connectivity index is 1.62. The van der Waals surface area contributed by atoms with Crippen molar-refractivity contribution < 1.29 is 14.1 Å². The molecule has 0 saturated heterocycles. The van der Waals surface area contributed by atoms with Crippen LogP contribution in [0.5, 0.6) is 5.88 Å². The lowest BCUT2D eigenvalue weighted by molar-refractivity contribution is -0.402. The number of ether oxygens (including phenoxy) is 1. The highest BCUT2D eigenvalue weighted by Gasteiger charge is 2.23. The highest BCUT2D eigenvalue weighted by molar-refractivity contribution is 7.99. The van der Waals surface area contributed by atoms with Gasteiger partial charge in [0.05, 0.1) is 6.07 Å². The summed E-state index contributed by atoms with van der Waals surface area (Å²) in [4.78, 5) is 14.8. The molecule has 0 aliphatic carbocycles. The van der Waals surface area contributed by atoms with Crippen molar-refractivity contribution in [3.8, 4) is 17.1 Å². The van der Waals surface area contributed by atoms with Gasteiger partial charge in [-0.15, -0.1) is 10.2 Å². The van der Waals surface area contributed by atoms with E-state index in [9.17, 15) is 10.1 Å². The Labute approximate surface area is 176 Å². The van der Waals surface area contributed by atoms with Gasteiger partial charge in [0.15, 0.2) is 11.9 Å². The Bertz CT molecular complexity index is 1080. The molecule has 0 spiro atoms. The number of hydrogen-bond acceptors (Lipinski definition) is 9. The van der Waals surface area contributed by atoms with Crippen LogP contribution in [0.1, 0.15) is 25.5 Å². The van der Waals surface area contributed by atoms with Gasteiger partial charge in [0.2, 0.25) is 11.0 Å². The summed E-state index contributed by atoms with van der Waals surface area (Å²) in [6.45, 7) is 2.13. The molecule has 0 radical (unpaired) electrons. The standard InChI is InChI=1S/C20H19N5O4S/c1-2-3-12-30-20-22-19-18(23-24-20)14-6-4-5-7-15(14)21-16(29-19)10-8-13-9-11-17(28-13)25(26)27/h4-11,16,21H,2-3,12H2,1H3/b10-8-/t16-/m1/s1. The number of para-hydroxylation sites is 1. The number of thioether (sulfide) groups is 1. The van der Waals surface area contributed by atoms with Gasteiger partial charge in [-0.05, 0) is 30.7 Å². The number of hydrogen-bond donors (Lipinski definition) is 1. The quantitative estimate of drug-likeness (QED) is 0.247. The fourth-order valence-electron chi connectivity index (χ4n) is 2.84. The fraction of sp³-hybridized carbons (Fsp3) is 0.250. The first kappa shape index (κ1) is 19.9. The monoisotopic (exact) mass is 425 g/mol. The summed E-state index contributed by atoms with van der Waals surface area (Å²) in [6, 6.07) is 10.5. The van der Waals surface area contributed by atoms with Crippen LogP contribution in [0, 0.1) is 10.1 Å². The van der Waals surface area contributed by atoms with Crippen LogP contribution in [-0.2, 0) is 0 Å². The Kier molecular flexibility index (Phi) is 5.94. The maximum atomic E-state index is 10.8. The number of nitrogens with zero attached hydrogens (tertiary/aromatic N) is 4. The largest absolute Gasteiger partial charge is 0.448 e. The maximum Gasteiger partial charge on any atom is 0.433 e. The number of nitrogens with one attached hydrogen (secondary N) is 1. The number of unbranched alkanes of at least 4 members (excludes halogenated alkanes) is 1. The summed E-state index contributed by atoms with van der Waals surface area (Å²) in [6.07, 6.45) is 4.90. The number of rotatable bonds is 7. The van der Waals surface area contributed by atoms with E-state index in [0.717, 1.165) is 29.8 Å². The second-order valence-corrected chi connectivity index (χ2v) is 7.53. The number of benzene rings is 1. The normalized spacial score (nSPS) is 15.0. The second kappa shape index (κ2) is 8.95. The topological polar surface area (TPSA) is 116 Å². The van der Waals surface area contributed by atoms with Crippen LogP contribution in [0.3, 0.4) is 0 Å². The minimum absolute atomic E-state index is 0.314. The van der Waals surface area contributed by atoms with E-state index in [4.69, 9.17) is 9.15 Å². The average molecular weight is 425 g/mol. The molecule has 30 heavy (non-hydrogen) atoms. The minimum atomic E-state index is -0.582. The lowest BCUT2D eigenvalue weighted by Crippen LogP contribution is -2.23. The zero-order valence-corrected chi connectivity index (χ0v) is 17.0. The van der Waals surface area contributed by atoms with E-state index in [1.54, 1.807) is 23.9 Å². The molecule has 1 aromatic carbocycles. The highest BCUT2D eigenvalue weighted by Crippen LogP contribution is 2.36. The predicted octanol–water partition coefficient (Wildman–Crippen LogP) is 4.78. The molecule has 1 N–H and O–H groups in total. The smallest absolute Gasteiger partial charge is 0.433 e. The van der Waals surface area contributed by atoms with E-state index in [1.165, 1.54) is 12.1 Å². The summed E-state index contributed by atoms with van der Waals surface area (Å²) in [7, 11) is 0. The molecule has 0 fully saturated rings. The molecule has 1 aliphatic heterocycles. The number of nitro groups is 1. The van der Waals surface area contributed by atoms with Crippen LogP contribution in [0.4, 0.5) is 11.6 Å². The molecule has 1 atom stereocenters. The van der Waals surface area contributed by atoms with E-state index < -0.39 is 11.2 Å². The van der Waals surface area contributed by atoms with Crippen molar-refractivity contribution >= 4 is 29.4 Å². The molecule has 3 aromatic rings. The molecule has 9 nitrogen and oxygen atoms in total. The number of aromatic nitrogens is 3. The first-order valence-electron chi connectivity index (χ1n) is 9.46. The van der Waals surface area contributed by atoms with Crippen LogP contribution in [0.25, 0.3) is 17.3 Å². The Morgan fingerprint density at radius 1 is 1.27 bits per heavy atom. The summed E-state index contributed by atoms with van der Waals surface area (Å²) in [5.74, 6) is 1.32. The Morgan fingerprint density at radius 3 is 2.93 bits per heavy atom. The summed E-state index contributed by atoms with van der Waals surface area (Å²) < 4.78 is 11.2. The van der Waals surface area contributed by atoms with Gasteiger partial charge in [-0.1, -0.05) is 43.3 Å². The van der Waals surface area contributed by atoms with Crippen LogP contribution >= 0.6 is 11.8 Å². The molecule has 154 valence electrons. The van der Waals surface area contributed by atoms with Gasteiger partial charge in [0.1, 0.15) is 10.7 Å². The molecule has 0 bridgehead atoms. The first-order valence-corrected chi connectivity index (χ1v) is 10.4. The molecule has 0 saturated carbocycles. The van der Waals surface area contributed by atoms with Gasteiger partial charge in [-0.25, -0.2) is 0 Å². The molecule has 1 aliphatic rings. The Hall–Kier alpha value is -3.40. The third kappa shape index (κ3) is 4.43. The van der Waals surface area contributed by atoms with Crippen LogP contribution in [0.2, 0.25) is 0 Å². The van der Waals surface area contributed by atoms with Gasteiger partial charge in [-0.2, -0.15) is 4.98 Å². The van der Waals surface area contributed by atoms with Crippen LogP contribution in [-0.4, -0.2) is 32.1 Å². The van der Waals surface area contributed by atoms with Gasteiger partial charge in [0, 0.05) is 17.0 Å². The number of furan rings is 1. The zero-order chi connectivity index (χ0) is 20.9. The minimum Gasteiger partial charge on any atom is -0.448 e. The van der Waals surface area contributed by atoms with Crippen molar-refractivity contribution in [3.63, 3.8) is 0 Å². The lowest BCUT2D eigenvalue weighted by atomic mass is 10.1. The molecule has 2 aromatic heterocycles. The SMILES string of the molecule is CCCCSc1nnc2c(n1)O[C@H](/C=C\c1ccc([N+](=O)[O-])o1)Nc1ccccc1-2. The second-order valence-electron chi connectivity index (χ2n) is 6.47. The van der Waals surface area contributed by atoms with E-state index in [2.05, 4.69) is 27.4 Å². The molecule has 3 heterocycles. The molecule has 0 amide bonds. The average Bonchev–Trinajstić information content (AvgIpc) is 3.16. The van der Waals surface area contributed by atoms with Crippen molar-refractivity contribution in [2.24, 2.45) is 0 Å². The maximum absolute atomic E-state index is 10.8. The van der Waals surface area contributed by atoms with Crippen LogP contribution in [0.15, 0.2) is 52.0 Å². The lowest BCUT2D eigenvalue weighted by Gasteiger charge is -2.15. The van der Waals surface area contributed by atoms with Gasteiger partial charge < -0.3 is 14.5 Å². The molecule has 4 rings (SSSR count). The number of fused-ring (bicyclic) bond motifs is 3. The van der Waals surface area contributed by atoms with Crippen molar-refractivity contribution in [2.45, 2.75) is 31.1 Å². The molecule has 10 heteroatoms. The van der Waals surface area contributed by atoms with Crippen molar-refractivity contribution in [3.05, 3.63) is 58.3 Å². The number of anilines is 1. The van der Waals surface area contributed by atoms with E-state index in [1.807, 2.05) is 24.3 Å². The molecule has 0 unspecified atom stereocenters. The zero-order valence-electron chi connectivity index (χ0n) is 16.1. The third-order valence-corrected chi connectivity index (χ3v) is 5.23. The molecular formula is C20H19N5O4S. The highest BCUT2D eigenvalue weighted by atomic mass is 32.2. The van der Waals surface area contributed by atoms with E-state index in [-0.39, 0.29) is 5.88 Å². The molecular weight excluding hydrogens is 406 g/mol. The van der Waals surface area contributed by atoms with Gasteiger partial charge >= 0.3 is 5.88 Å². The summed E-state index contributed by atoms with van der Waals surface area (Å²) in [5, 5.41) is 23.2. The van der Waals surface area contributed by atoms with Gasteiger partial charge in [0.25, 0.3) is 0 Å². The van der Waals surface area contributed by atoms with Crippen LogP contribution < -0.4 is 10.1 Å². The van der Waals surface area contributed by atoms with Crippen molar-refractivity contribution in [1.82, 2.24) is 15.2 Å². The van der Waals surface area contributed by atoms with Crippen molar-refractivity contribution in [2.75, 3.05) is 11.1 Å². The van der Waals surface area contributed by atoms with Gasteiger partial charge in [-0.3, -0.25) is 10.1 Å². The van der Waals surface area contributed by atoms with E-state index in [0.29, 0.717) is 22.5 Å². The summed E-state index contributed by atoms with van der Waals surface area (Å²) >= 11 is 1.54. The Morgan fingerprint density at radius 2 is 2.13 bits per heavy atom. The first-order chi connectivity index (χ1) is 14.6. The predicted molar refractivity (Wildman–Crippen MR) is 113 cm³/mol. The van der Waals surface area contributed by atoms with Crippen molar-refractivity contribution in [1.29, 1.82) is 0 Å².